The molecule has 4 rings (SSSR count). The minimum Gasteiger partial charge on any atom is -0.469 e. The number of esters is 1. The molecule has 0 radical (unpaired) electrons. The molecule has 16 heteroatoms. The predicted octanol–water partition coefficient (Wildman–Crippen LogP) is -1.29. The topological polar surface area (TPSA) is 237 Å². The number of carbonyl (C=O) groups is 3. The Labute approximate surface area is 264 Å². The second-order valence-corrected chi connectivity index (χ2v) is 11.3. The van der Waals surface area contributed by atoms with Crippen LogP contribution in [0.15, 0.2) is 36.5 Å². The van der Waals surface area contributed by atoms with Gasteiger partial charge in [0.1, 0.15) is 18.3 Å². The summed E-state index contributed by atoms with van der Waals surface area (Å²) in [7, 11) is 1.29. The van der Waals surface area contributed by atoms with Crippen molar-refractivity contribution in [2.24, 2.45) is 5.92 Å². The molecule has 0 bridgehead atoms. The van der Waals surface area contributed by atoms with Gasteiger partial charge in [-0.2, -0.15) is 0 Å². The first-order valence-corrected chi connectivity index (χ1v) is 15.0. The zero-order valence-electron chi connectivity index (χ0n) is 25.6. The van der Waals surface area contributed by atoms with E-state index < -0.39 is 54.0 Å². The van der Waals surface area contributed by atoms with Crippen molar-refractivity contribution in [3.05, 3.63) is 47.8 Å². The molecule has 1 aromatic heterocycles. The highest BCUT2D eigenvalue weighted by molar-refractivity contribution is 6.08. The Hall–Kier alpha value is -3.77. The minimum atomic E-state index is -2.03. The molecule has 1 aromatic carbocycles. The fourth-order valence-electron chi connectivity index (χ4n) is 5.50. The quantitative estimate of drug-likeness (QED) is 0.0719. The number of methoxy groups -OCH3 is 1. The van der Waals surface area contributed by atoms with E-state index in [0.717, 1.165) is 0 Å². The van der Waals surface area contributed by atoms with Crippen molar-refractivity contribution in [1.82, 2.24) is 15.0 Å². The Morgan fingerprint density at radius 3 is 2.63 bits per heavy atom. The predicted molar refractivity (Wildman–Crippen MR) is 160 cm³/mol. The maximum Gasteiger partial charge on any atom is 0.305 e. The molecular formula is C30H41N5O11. The molecule has 46 heavy (non-hydrogen) atoms. The molecular weight excluding hydrogens is 606 g/mol. The first-order chi connectivity index (χ1) is 21.9. The summed E-state index contributed by atoms with van der Waals surface area (Å²) in [6, 6.07) is 4.47. The zero-order chi connectivity index (χ0) is 33.6. The van der Waals surface area contributed by atoms with Gasteiger partial charge >= 0.3 is 5.97 Å². The summed E-state index contributed by atoms with van der Waals surface area (Å²) in [4.78, 5) is 39.8. The van der Waals surface area contributed by atoms with Gasteiger partial charge in [0.15, 0.2) is 18.0 Å². The van der Waals surface area contributed by atoms with Gasteiger partial charge in [-0.05, 0) is 37.5 Å². The van der Waals surface area contributed by atoms with Gasteiger partial charge in [-0.25, -0.2) is 0 Å². The lowest BCUT2D eigenvalue weighted by Gasteiger charge is -2.37. The minimum absolute atomic E-state index is 0.0371. The fraction of sp³-hybridized carbons (Fsp3) is 0.567. The zero-order valence-corrected chi connectivity index (χ0v) is 25.6. The van der Waals surface area contributed by atoms with Crippen molar-refractivity contribution >= 4 is 29.2 Å². The molecule has 7 N–H and O–H groups in total. The van der Waals surface area contributed by atoms with Crippen molar-refractivity contribution in [2.75, 3.05) is 30.5 Å². The van der Waals surface area contributed by atoms with E-state index in [-0.39, 0.29) is 36.8 Å². The van der Waals surface area contributed by atoms with Gasteiger partial charge < -0.3 is 50.3 Å². The smallest absolute Gasteiger partial charge is 0.305 e. The lowest BCUT2D eigenvalue weighted by atomic mass is 9.82. The summed E-state index contributed by atoms with van der Waals surface area (Å²) in [5.74, 6) is -2.63. The van der Waals surface area contributed by atoms with Crippen molar-refractivity contribution in [2.45, 2.75) is 81.9 Å². The molecule has 2 amide bonds. The Morgan fingerprint density at radius 2 is 1.91 bits per heavy atom. The number of nitrogens with one attached hydrogen (secondary N) is 1. The van der Waals surface area contributed by atoms with Crippen LogP contribution < -0.4 is 10.2 Å². The highest BCUT2D eigenvalue weighted by atomic mass is 16.6. The molecule has 16 nitrogen and oxygen atoms in total. The van der Waals surface area contributed by atoms with Crippen LogP contribution in [-0.4, -0.2) is 114 Å². The van der Waals surface area contributed by atoms with Crippen LogP contribution in [0.25, 0.3) is 0 Å². The van der Waals surface area contributed by atoms with Gasteiger partial charge in [0.25, 0.3) is 11.8 Å². The Bertz CT molecular complexity index is 1420. The number of aromatic nitrogens is 3. The molecule has 3 heterocycles. The lowest BCUT2D eigenvalue weighted by molar-refractivity contribution is -0.274. The highest BCUT2D eigenvalue weighted by Gasteiger charge is 2.52. The molecule has 0 spiro atoms. The number of hydrogen-bond donors (Lipinski definition) is 7. The number of unbranched alkanes of at least 4 members (excludes halogenated alkanes) is 1. The summed E-state index contributed by atoms with van der Waals surface area (Å²) in [5.41, 5.74) is -0.619. The van der Waals surface area contributed by atoms with Crippen LogP contribution in [0.4, 0.5) is 11.4 Å². The van der Waals surface area contributed by atoms with E-state index in [2.05, 4.69) is 20.4 Å². The van der Waals surface area contributed by atoms with Crippen LogP contribution in [0.2, 0.25) is 0 Å². The third-order valence-electron chi connectivity index (χ3n) is 8.19. The summed E-state index contributed by atoms with van der Waals surface area (Å²) in [6.07, 6.45) is -1.91. The molecule has 0 aliphatic carbocycles. The summed E-state index contributed by atoms with van der Waals surface area (Å²) in [5, 5.41) is 71.4. The number of carbonyl (C=O) groups excluding carboxylic acids is 3. The largest absolute Gasteiger partial charge is 0.469 e. The molecule has 2 aromatic rings. The van der Waals surface area contributed by atoms with Crippen molar-refractivity contribution in [1.29, 1.82) is 0 Å². The Balaban J connectivity index is 1.54. The highest BCUT2D eigenvalue weighted by Crippen LogP contribution is 2.46. The van der Waals surface area contributed by atoms with Crippen LogP contribution in [0.3, 0.4) is 0 Å². The van der Waals surface area contributed by atoms with E-state index >= 15 is 0 Å². The van der Waals surface area contributed by atoms with E-state index in [1.54, 1.807) is 36.0 Å². The van der Waals surface area contributed by atoms with Crippen LogP contribution in [0.1, 0.15) is 43.9 Å². The van der Waals surface area contributed by atoms with Gasteiger partial charge in [0.05, 0.1) is 18.5 Å². The lowest BCUT2D eigenvalue weighted by Crippen LogP contribution is -2.60. The van der Waals surface area contributed by atoms with Gasteiger partial charge in [-0.3, -0.25) is 19.1 Å². The van der Waals surface area contributed by atoms with Gasteiger partial charge in [-0.1, -0.05) is 24.3 Å². The third-order valence-corrected chi connectivity index (χ3v) is 8.19. The molecule has 252 valence electrons. The number of ether oxygens (including phenoxy) is 2. The summed E-state index contributed by atoms with van der Waals surface area (Å²) >= 11 is 0. The molecule has 0 saturated carbocycles. The van der Waals surface area contributed by atoms with Crippen molar-refractivity contribution in [3.63, 3.8) is 0 Å². The molecule has 0 unspecified atom stereocenters. The average Bonchev–Trinajstić information content (AvgIpc) is 3.58. The number of nitrogens with zero attached hydrogens (tertiary/aromatic N) is 4. The maximum absolute atomic E-state index is 13.8. The number of aliphatic hydroxyl groups excluding tert-OH is 5. The number of fused-ring (bicyclic) bond motifs is 1. The summed E-state index contributed by atoms with van der Waals surface area (Å²) < 4.78 is 11.3. The number of amides is 2. The maximum atomic E-state index is 13.8. The fourth-order valence-corrected chi connectivity index (χ4v) is 5.50. The molecule has 7 atom stereocenters. The van der Waals surface area contributed by atoms with E-state index in [0.29, 0.717) is 43.6 Å². The van der Waals surface area contributed by atoms with Gasteiger partial charge in [0.2, 0.25) is 0 Å². The molecule has 1 saturated heterocycles. The molecule has 2 aliphatic heterocycles. The number of aliphatic hydroxyl groups is 6. The normalized spacial score (nSPS) is 26.7. The van der Waals surface area contributed by atoms with Gasteiger partial charge in [0, 0.05) is 55.9 Å². The number of anilines is 2. The number of rotatable bonds is 14. The van der Waals surface area contributed by atoms with Gasteiger partial charge in [-0.15, -0.1) is 5.10 Å². The van der Waals surface area contributed by atoms with Crippen LogP contribution in [0.5, 0.6) is 0 Å². The number of hydrogen-bond acceptors (Lipinski definition) is 13. The van der Waals surface area contributed by atoms with E-state index in [9.17, 15) is 39.9 Å². The standard InChI is InChI=1S/C30H41N5O11/c1-17(7-3-5-12-34-16-19(11-14-36)32-33-34)30(44)20-15-18(31-27(41)26-24(39)23(38)25(40)28(42)46-26)9-10-21(20)35(29(30)43)13-6-4-8-22(37)45-2/h3,7,9-10,15-17,23-26,28,36,38-40,42,44H,4-6,8,11-14H2,1-2H3,(H,31,41)/b7-3+/t17-,23-,24-,25+,26-,28+,30+/m0/s1. The third kappa shape index (κ3) is 7.44. The van der Waals surface area contributed by atoms with Crippen LogP contribution in [0, 0.1) is 5.92 Å². The second kappa shape index (κ2) is 15.2. The SMILES string of the molecule is COC(=O)CCCCN1C(=O)[C@@](O)([C@@H](C)/C=C/CCn2cc(CCO)nn2)c2cc(NC(=O)[C@H]3O[C@@H](O)[C@H](O)[C@@H](O)[C@@H]3O)ccc21. The Kier molecular flexibility index (Phi) is 11.6. The molecule has 1 fully saturated rings. The van der Waals surface area contributed by atoms with Crippen molar-refractivity contribution in [3.8, 4) is 0 Å². The van der Waals surface area contributed by atoms with E-state index in [1.165, 1.54) is 24.1 Å². The van der Waals surface area contributed by atoms with Crippen LogP contribution >= 0.6 is 0 Å². The van der Waals surface area contributed by atoms with Crippen molar-refractivity contribution < 1.29 is 54.5 Å². The van der Waals surface area contributed by atoms with E-state index in [4.69, 9.17) is 9.84 Å². The first kappa shape index (κ1) is 35.1. The summed E-state index contributed by atoms with van der Waals surface area (Å²) in [6.45, 7) is 2.32. The number of benzene rings is 1. The monoisotopic (exact) mass is 647 g/mol. The Morgan fingerprint density at radius 1 is 1.15 bits per heavy atom. The number of allylic oxidation sites excluding steroid dienone is 1. The molecule has 2 aliphatic rings. The average molecular weight is 648 g/mol. The number of aryl methyl sites for hydroxylation is 1. The first-order valence-electron chi connectivity index (χ1n) is 15.0. The second-order valence-electron chi connectivity index (χ2n) is 11.3. The van der Waals surface area contributed by atoms with E-state index in [1.807, 2.05) is 0 Å². The van der Waals surface area contributed by atoms with Crippen LogP contribution in [-0.2, 0) is 42.4 Å².